The highest BCUT2D eigenvalue weighted by molar-refractivity contribution is 7.89. The van der Waals surface area contributed by atoms with E-state index >= 15 is 0 Å². The number of carbonyl (C=O) groups is 1. The summed E-state index contributed by atoms with van der Waals surface area (Å²) in [6.07, 6.45) is 1.51. The predicted molar refractivity (Wildman–Crippen MR) is 140 cm³/mol. The molecule has 1 saturated heterocycles. The van der Waals surface area contributed by atoms with Gasteiger partial charge in [0.25, 0.3) is 5.91 Å². The van der Waals surface area contributed by atoms with E-state index in [0.29, 0.717) is 44.8 Å². The zero-order valence-electron chi connectivity index (χ0n) is 20.4. The molecule has 3 aromatic rings. The first-order valence-corrected chi connectivity index (χ1v) is 14.2. The van der Waals surface area contributed by atoms with Crippen LogP contribution in [0.4, 0.5) is 5.13 Å². The Labute approximate surface area is 211 Å². The van der Waals surface area contributed by atoms with E-state index in [4.69, 9.17) is 9.72 Å². The van der Waals surface area contributed by atoms with Gasteiger partial charge in [0.1, 0.15) is 5.75 Å². The number of ether oxygens (including phenoxy) is 1. The average molecular weight is 517 g/mol. The van der Waals surface area contributed by atoms with Crippen molar-refractivity contribution in [2.45, 2.75) is 31.6 Å². The van der Waals surface area contributed by atoms with Crippen molar-refractivity contribution in [2.24, 2.45) is 0 Å². The van der Waals surface area contributed by atoms with Gasteiger partial charge < -0.3 is 14.5 Å². The molecule has 0 atom stereocenters. The van der Waals surface area contributed by atoms with Crippen LogP contribution in [0.15, 0.2) is 47.4 Å². The molecule has 1 aromatic heterocycles. The Morgan fingerprint density at radius 3 is 2.29 bits per heavy atom. The Morgan fingerprint density at radius 2 is 1.69 bits per heavy atom. The lowest BCUT2D eigenvalue weighted by Gasteiger charge is -2.34. The standard InChI is InChI=1S/C25H32N4O4S2/c1-4-12-29(13-5-2)35(31,32)21-9-6-19(7-10-21)24(30)27-14-16-28(17-15-27)25-26-22-11-8-20(33-3)18-23(22)34-25/h6-11,18H,4-5,12-17H2,1-3H3. The van der Waals surface area contributed by atoms with Crippen LogP contribution in [-0.2, 0) is 10.0 Å². The van der Waals surface area contributed by atoms with Gasteiger partial charge in [-0.3, -0.25) is 4.79 Å². The Bertz CT molecular complexity index is 1260. The van der Waals surface area contributed by atoms with Gasteiger partial charge >= 0.3 is 0 Å². The van der Waals surface area contributed by atoms with E-state index in [-0.39, 0.29) is 10.8 Å². The third-order valence-corrected chi connectivity index (χ3v) is 9.10. The third kappa shape index (κ3) is 5.44. The number of carbonyl (C=O) groups excluding carboxylic acids is 1. The van der Waals surface area contributed by atoms with Gasteiger partial charge in [-0.2, -0.15) is 4.31 Å². The summed E-state index contributed by atoms with van der Waals surface area (Å²) in [5.74, 6) is 0.729. The van der Waals surface area contributed by atoms with Crippen molar-refractivity contribution in [3.05, 3.63) is 48.0 Å². The molecule has 0 aliphatic carbocycles. The van der Waals surface area contributed by atoms with E-state index in [1.807, 2.05) is 36.9 Å². The Balaban J connectivity index is 1.40. The molecule has 0 bridgehead atoms. The molecule has 1 fully saturated rings. The lowest BCUT2D eigenvalue weighted by atomic mass is 10.2. The Morgan fingerprint density at radius 1 is 1.03 bits per heavy atom. The summed E-state index contributed by atoms with van der Waals surface area (Å²) in [5.41, 5.74) is 1.44. The van der Waals surface area contributed by atoms with Crippen molar-refractivity contribution in [2.75, 3.05) is 51.3 Å². The highest BCUT2D eigenvalue weighted by Gasteiger charge is 2.26. The monoisotopic (exact) mass is 516 g/mol. The number of methoxy groups -OCH3 is 1. The number of fused-ring (bicyclic) bond motifs is 1. The van der Waals surface area contributed by atoms with Crippen molar-refractivity contribution < 1.29 is 17.9 Å². The number of nitrogens with zero attached hydrogens (tertiary/aromatic N) is 4. The van der Waals surface area contributed by atoms with E-state index < -0.39 is 10.0 Å². The molecule has 0 radical (unpaired) electrons. The maximum absolute atomic E-state index is 13.1. The van der Waals surface area contributed by atoms with Gasteiger partial charge in [0.2, 0.25) is 10.0 Å². The summed E-state index contributed by atoms with van der Waals surface area (Å²) in [5, 5.41) is 0.943. The molecule has 0 spiro atoms. The lowest BCUT2D eigenvalue weighted by Crippen LogP contribution is -2.48. The van der Waals surface area contributed by atoms with Crippen molar-refractivity contribution in [3.63, 3.8) is 0 Å². The Kier molecular flexibility index (Phi) is 7.93. The van der Waals surface area contributed by atoms with Crippen molar-refractivity contribution >= 4 is 42.6 Å². The number of anilines is 1. The van der Waals surface area contributed by atoms with Crippen LogP contribution >= 0.6 is 11.3 Å². The molecular formula is C25H32N4O4S2. The van der Waals surface area contributed by atoms with Gasteiger partial charge in [-0.25, -0.2) is 13.4 Å². The highest BCUT2D eigenvalue weighted by atomic mass is 32.2. The van der Waals surface area contributed by atoms with Crippen molar-refractivity contribution in [3.8, 4) is 5.75 Å². The van der Waals surface area contributed by atoms with Crippen LogP contribution in [0.3, 0.4) is 0 Å². The van der Waals surface area contributed by atoms with Gasteiger partial charge in [0.05, 0.1) is 22.2 Å². The van der Waals surface area contributed by atoms with Crippen molar-refractivity contribution in [1.29, 1.82) is 0 Å². The third-order valence-electron chi connectivity index (χ3n) is 6.11. The number of piperazine rings is 1. The van der Waals surface area contributed by atoms with Crippen LogP contribution in [0.2, 0.25) is 0 Å². The smallest absolute Gasteiger partial charge is 0.253 e. The molecule has 1 amide bonds. The van der Waals surface area contributed by atoms with E-state index in [0.717, 1.165) is 33.9 Å². The summed E-state index contributed by atoms with van der Waals surface area (Å²) in [6.45, 7) is 7.46. The topological polar surface area (TPSA) is 83.1 Å². The number of benzene rings is 2. The minimum absolute atomic E-state index is 0.0818. The molecule has 1 aliphatic rings. The van der Waals surface area contributed by atoms with Gasteiger partial charge in [-0.05, 0) is 55.3 Å². The van der Waals surface area contributed by atoms with E-state index in [1.165, 1.54) is 4.31 Å². The number of hydrogen-bond donors (Lipinski definition) is 0. The number of hydrogen-bond acceptors (Lipinski definition) is 7. The molecule has 2 aromatic carbocycles. The molecule has 4 rings (SSSR count). The minimum atomic E-state index is -3.56. The quantitative estimate of drug-likeness (QED) is 0.426. The molecule has 10 heteroatoms. The first-order chi connectivity index (χ1) is 16.9. The van der Waals surface area contributed by atoms with Crippen LogP contribution in [0, 0.1) is 0 Å². The molecule has 0 saturated carbocycles. The first kappa shape index (κ1) is 25.4. The largest absolute Gasteiger partial charge is 0.497 e. The van der Waals surface area contributed by atoms with Gasteiger partial charge in [0.15, 0.2) is 5.13 Å². The van der Waals surface area contributed by atoms with E-state index in [9.17, 15) is 13.2 Å². The molecule has 8 nitrogen and oxygen atoms in total. The lowest BCUT2D eigenvalue weighted by molar-refractivity contribution is 0.0746. The second-order valence-corrected chi connectivity index (χ2v) is 11.5. The zero-order chi connectivity index (χ0) is 25.0. The number of rotatable bonds is 9. The van der Waals surface area contributed by atoms with E-state index in [1.54, 1.807) is 42.7 Å². The van der Waals surface area contributed by atoms with Crippen LogP contribution in [0.5, 0.6) is 5.75 Å². The fraction of sp³-hybridized carbons (Fsp3) is 0.440. The number of amides is 1. The summed E-state index contributed by atoms with van der Waals surface area (Å²) in [6, 6.07) is 12.2. The summed E-state index contributed by atoms with van der Waals surface area (Å²) in [4.78, 5) is 22.1. The zero-order valence-corrected chi connectivity index (χ0v) is 22.1. The fourth-order valence-electron chi connectivity index (χ4n) is 4.21. The molecule has 0 N–H and O–H groups in total. The summed E-state index contributed by atoms with van der Waals surface area (Å²) >= 11 is 1.62. The molecular weight excluding hydrogens is 484 g/mol. The maximum Gasteiger partial charge on any atom is 0.253 e. The molecule has 35 heavy (non-hydrogen) atoms. The normalized spacial score (nSPS) is 14.6. The summed E-state index contributed by atoms with van der Waals surface area (Å²) < 4.78 is 33.9. The van der Waals surface area contributed by atoms with E-state index in [2.05, 4.69) is 4.90 Å². The predicted octanol–water partition coefficient (Wildman–Crippen LogP) is 4.08. The van der Waals surface area contributed by atoms with Crippen LogP contribution in [0.1, 0.15) is 37.0 Å². The second kappa shape index (κ2) is 10.9. The van der Waals surface area contributed by atoms with Gasteiger partial charge in [-0.1, -0.05) is 25.2 Å². The second-order valence-electron chi connectivity index (χ2n) is 8.54. The molecule has 0 unspecified atom stereocenters. The molecule has 2 heterocycles. The summed E-state index contributed by atoms with van der Waals surface area (Å²) in [7, 11) is -1.91. The Hall–Kier alpha value is -2.69. The number of sulfonamides is 1. The minimum Gasteiger partial charge on any atom is -0.497 e. The first-order valence-electron chi connectivity index (χ1n) is 12.0. The van der Waals surface area contributed by atoms with Gasteiger partial charge in [-0.15, -0.1) is 0 Å². The highest BCUT2D eigenvalue weighted by Crippen LogP contribution is 2.32. The van der Waals surface area contributed by atoms with Crippen molar-refractivity contribution in [1.82, 2.24) is 14.2 Å². The van der Waals surface area contributed by atoms with Crippen LogP contribution < -0.4 is 9.64 Å². The fourth-order valence-corrected chi connectivity index (χ4v) is 6.88. The maximum atomic E-state index is 13.1. The molecule has 1 aliphatic heterocycles. The number of aromatic nitrogens is 1. The van der Waals surface area contributed by atoms with Crippen LogP contribution in [0.25, 0.3) is 10.2 Å². The van der Waals surface area contributed by atoms with Gasteiger partial charge in [0, 0.05) is 44.8 Å². The molecule has 188 valence electrons. The SMILES string of the molecule is CCCN(CCC)S(=O)(=O)c1ccc(C(=O)N2CCN(c3nc4ccc(OC)cc4s3)CC2)cc1. The number of thiazole rings is 1. The van der Waals surface area contributed by atoms with Crippen LogP contribution in [-0.4, -0.2) is 74.9 Å². The average Bonchev–Trinajstić information content (AvgIpc) is 3.31.